The molecule has 0 aliphatic carbocycles. The molecule has 0 unspecified atom stereocenters. The van der Waals surface area contributed by atoms with Gasteiger partial charge in [-0.1, -0.05) is 48.4 Å². The number of hydrogen-bond donors (Lipinski definition) is 5. The highest BCUT2D eigenvalue weighted by atomic mass is 35.5. The maximum atomic E-state index is 14.7. The molecule has 8 amide bonds. The molecule has 5 N–H and O–H groups in total. The van der Waals surface area contributed by atoms with Crippen LogP contribution in [-0.4, -0.2) is 131 Å². The Balaban J connectivity index is 1.34. The third-order valence-corrected chi connectivity index (χ3v) is 11.3. The maximum Gasteiger partial charge on any atom is 0.329 e. The van der Waals surface area contributed by atoms with E-state index in [9.17, 15) is 42.7 Å². The molecule has 316 valence electrons. The number of piperazine rings is 1. The number of halogens is 2. The summed E-state index contributed by atoms with van der Waals surface area (Å²) in [6.45, 7) is 6.04. The Hall–Kier alpha value is -5.78. The van der Waals surface area contributed by atoms with Gasteiger partial charge in [-0.25, -0.2) is 14.0 Å². The van der Waals surface area contributed by atoms with Crippen LogP contribution in [0.2, 0.25) is 5.02 Å². The number of amides is 8. The Morgan fingerprint density at radius 2 is 1.71 bits per heavy atom. The predicted octanol–water partition coefficient (Wildman–Crippen LogP) is 1.01. The molecule has 4 fully saturated rings. The highest BCUT2D eigenvalue weighted by Crippen LogP contribution is 2.28. The number of rotatable bonds is 6. The minimum Gasteiger partial charge on any atom is -0.458 e. The van der Waals surface area contributed by atoms with Gasteiger partial charge in [-0.2, -0.15) is 0 Å². The number of hydrogen-bond acceptors (Lipinski definition) is 9. The third kappa shape index (κ3) is 9.75. The molecule has 4 saturated heterocycles. The van der Waals surface area contributed by atoms with Crippen LogP contribution in [0, 0.1) is 18.7 Å². The average molecular weight is 839 g/mol. The van der Waals surface area contributed by atoms with Crippen molar-refractivity contribution < 1.29 is 47.5 Å². The molecular weight excluding hydrogens is 791 g/mol. The summed E-state index contributed by atoms with van der Waals surface area (Å²) in [6, 6.07) is 2.22. The molecule has 0 aromatic heterocycles. The van der Waals surface area contributed by atoms with Crippen LogP contribution in [0.25, 0.3) is 0 Å². The zero-order valence-corrected chi connectivity index (χ0v) is 33.8. The number of urea groups is 1. The van der Waals surface area contributed by atoms with Crippen molar-refractivity contribution in [3.05, 3.63) is 64.4 Å². The molecule has 4 aliphatic heterocycles. The number of benzene rings is 2. The Labute approximate surface area is 345 Å². The van der Waals surface area contributed by atoms with Crippen LogP contribution in [0.5, 0.6) is 0 Å². The van der Waals surface area contributed by atoms with Gasteiger partial charge in [0.1, 0.15) is 54.7 Å². The fourth-order valence-corrected chi connectivity index (χ4v) is 8.21. The van der Waals surface area contributed by atoms with Gasteiger partial charge in [-0.3, -0.25) is 28.8 Å². The van der Waals surface area contributed by atoms with E-state index in [-0.39, 0.29) is 55.5 Å². The van der Waals surface area contributed by atoms with Crippen molar-refractivity contribution in [3.8, 4) is 0 Å². The van der Waals surface area contributed by atoms with Gasteiger partial charge >= 0.3 is 12.0 Å². The molecule has 4 heterocycles. The maximum absolute atomic E-state index is 14.7. The van der Waals surface area contributed by atoms with Crippen molar-refractivity contribution in [1.82, 2.24) is 36.0 Å². The molecule has 0 saturated carbocycles. The van der Waals surface area contributed by atoms with E-state index in [1.807, 2.05) is 19.9 Å². The Morgan fingerprint density at radius 3 is 2.44 bits per heavy atom. The fraction of sp³-hybridized carbons (Fsp3) is 0.500. The lowest BCUT2D eigenvalue weighted by Gasteiger charge is -2.39. The van der Waals surface area contributed by atoms with E-state index in [1.165, 1.54) is 35.8 Å². The number of ether oxygens (including phenoxy) is 1. The van der Waals surface area contributed by atoms with Crippen molar-refractivity contribution in [2.45, 2.75) is 95.7 Å². The Morgan fingerprint density at radius 1 is 0.949 bits per heavy atom. The summed E-state index contributed by atoms with van der Waals surface area (Å²) >= 11 is 5.87. The monoisotopic (exact) mass is 838 g/mol. The van der Waals surface area contributed by atoms with Gasteiger partial charge in [0.15, 0.2) is 0 Å². The largest absolute Gasteiger partial charge is 0.458 e. The minimum absolute atomic E-state index is 0.0542. The molecule has 0 spiro atoms. The van der Waals surface area contributed by atoms with Gasteiger partial charge in [0.25, 0.3) is 0 Å². The summed E-state index contributed by atoms with van der Waals surface area (Å²) in [7, 11) is 0. The molecule has 2 aromatic carbocycles. The number of nitrogens with one attached hydrogen (secondary N) is 5. The van der Waals surface area contributed by atoms with Crippen LogP contribution in [-0.2, 0) is 44.7 Å². The van der Waals surface area contributed by atoms with Crippen molar-refractivity contribution in [1.29, 1.82) is 0 Å². The van der Waals surface area contributed by atoms with Crippen LogP contribution in [0.3, 0.4) is 0 Å². The van der Waals surface area contributed by atoms with E-state index in [0.29, 0.717) is 12.0 Å². The fourth-order valence-electron chi connectivity index (χ4n) is 8.05. The topological polar surface area (TPSA) is 216 Å². The molecule has 4 aliphatic rings. The van der Waals surface area contributed by atoms with Crippen LogP contribution < -0.4 is 26.6 Å². The first-order valence-corrected chi connectivity index (χ1v) is 20.0. The zero-order chi connectivity index (χ0) is 42.7. The number of carbonyl (C=O) groups excluding carboxylic acids is 8. The molecule has 0 radical (unpaired) electrons. The first kappa shape index (κ1) is 42.8. The first-order chi connectivity index (χ1) is 28.0. The van der Waals surface area contributed by atoms with E-state index in [4.69, 9.17) is 16.3 Å². The summed E-state index contributed by atoms with van der Waals surface area (Å²) in [5.74, 6) is -5.97. The molecule has 0 bridgehead atoms. The standard InChI is InChI=1S/C40H48ClFN8O9/c1-20-7-5-8-24(13-20)15-28(46-40(58)45-27-11-10-25(41)16-26(27)42)34(52)47-33-23(4)59-39(57)30-14-21(2)18-49(30)36(54)22(3)44-35(53)31-17-43-32(51)19-50(31)37(55)29-9-6-12-48(29)38(33)56/h5,7-8,10-11,13,16,21-23,28-31,33H,6,9,12,14-15,17-19H2,1-4H3,(H,43,51)(H,44,53)(H,47,52)(H2,45,46,58)/t21-,22+,23+,28+,29+,30+,31+,33+/m1/s1. The van der Waals surface area contributed by atoms with Crippen LogP contribution in [0.15, 0.2) is 42.5 Å². The first-order valence-electron chi connectivity index (χ1n) is 19.6. The van der Waals surface area contributed by atoms with E-state index in [0.717, 1.165) is 16.5 Å². The average Bonchev–Trinajstić information content (AvgIpc) is 3.84. The molecule has 19 heteroatoms. The lowest BCUT2D eigenvalue weighted by atomic mass is 10.0. The number of nitrogens with zero attached hydrogens (tertiary/aromatic N) is 3. The van der Waals surface area contributed by atoms with Gasteiger partial charge in [0.05, 0.1) is 5.69 Å². The van der Waals surface area contributed by atoms with Gasteiger partial charge in [0.2, 0.25) is 35.4 Å². The van der Waals surface area contributed by atoms with E-state index in [2.05, 4.69) is 26.6 Å². The highest BCUT2D eigenvalue weighted by molar-refractivity contribution is 6.30. The number of cyclic esters (lactones) is 1. The van der Waals surface area contributed by atoms with Gasteiger partial charge in [-0.05, 0) is 69.7 Å². The zero-order valence-electron chi connectivity index (χ0n) is 33.1. The van der Waals surface area contributed by atoms with Crippen molar-refractivity contribution >= 4 is 64.7 Å². The van der Waals surface area contributed by atoms with E-state index in [1.54, 1.807) is 18.2 Å². The number of carbonyl (C=O) groups is 8. The second-order valence-corrected chi connectivity index (χ2v) is 16.1. The lowest BCUT2D eigenvalue weighted by Crippen LogP contribution is -2.66. The second kappa shape index (κ2) is 18.0. The number of fused-ring (bicyclic) bond motifs is 3. The quantitative estimate of drug-likeness (QED) is 0.262. The summed E-state index contributed by atoms with van der Waals surface area (Å²) in [4.78, 5) is 114. The summed E-state index contributed by atoms with van der Waals surface area (Å²) < 4.78 is 20.5. The van der Waals surface area contributed by atoms with Gasteiger partial charge in [-0.15, -0.1) is 0 Å². The molecule has 17 nitrogen and oxygen atoms in total. The number of esters is 1. The summed E-state index contributed by atoms with van der Waals surface area (Å²) in [5.41, 5.74) is 1.28. The van der Waals surface area contributed by atoms with Crippen LogP contribution in [0.4, 0.5) is 14.9 Å². The Bertz CT molecular complexity index is 2040. The number of aryl methyl sites for hydroxylation is 1. The normalized spacial score (nSPS) is 27.2. The molecular formula is C40H48ClFN8O9. The minimum atomic E-state index is -1.63. The lowest BCUT2D eigenvalue weighted by molar-refractivity contribution is -0.163. The van der Waals surface area contributed by atoms with E-state index < -0.39 is 102 Å². The SMILES string of the molecule is Cc1cccc(C[C@H](NC(=O)Nc2ccc(Cl)cc2F)C(=O)N[C@@H]2C(=O)N3CCC[C@H]3C(=O)N3CC(=O)NC[C@H]3C(=O)N[C@@H](C)C(=O)N3C[C@H](C)C[C@H]3C(=O)O[C@H]2C)c1. The number of anilines is 1. The van der Waals surface area contributed by atoms with Gasteiger partial charge < -0.3 is 46.0 Å². The van der Waals surface area contributed by atoms with Gasteiger partial charge in [0, 0.05) is 31.1 Å². The molecule has 8 atom stereocenters. The molecule has 6 rings (SSSR count). The summed E-state index contributed by atoms with van der Waals surface area (Å²) in [6.07, 6.45) is -0.722. The Kier molecular flexibility index (Phi) is 13.1. The van der Waals surface area contributed by atoms with Crippen LogP contribution in [0.1, 0.15) is 51.2 Å². The molecule has 2 aromatic rings. The van der Waals surface area contributed by atoms with Crippen LogP contribution >= 0.6 is 11.6 Å². The van der Waals surface area contributed by atoms with Crippen molar-refractivity contribution in [3.63, 3.8) is 0 Å². The third-order valence-electron chi connectivity index (χ3n) is 11.0. The highest BCUT2D eigenvalue weighted by Gasteiger charge is 2.48. The second-order valence-electron chi connectivity index (χ2n) is 15.6. The molecule has 59 heavy (non-hydrogen) atoms. The summed E-state index contributed by atoms with van der Waals surface area (Å²) in [5, 5.41) is 12.9. The smallest absolute Gasteiger partial charge is 0.329 e. The predicted molar refractivity (Wildman–Crippen MR) is 210 cm³/mol. The van der Waals surface area contributed by atoms with Crippen molar-refractivity contribution in [2.24, 2.45) is 5.92 Å². The van der Waals surface area contributed by atoms with Crippen molar-refractivity contribution in [2.75, 3.05) is 31.5 Å². The van der Waals surface area contributed by atoms with E-state index >= 15 is 0 Å².